The number of anilines is 4. The van der Waals surface area contributed by atoms with Gasteiger partial charge in [0, 0.05) is 41.8 Å². The topological polar surface area (TPSA) is 70.2 Å². The monoisotopic (exact) mass is 423 g/mol. The lowest BCUT2D eigenvalue weighted by Gasteiger charge is -2.20. The standard InChI is InChI=1S/C23H29N5OS/c1-5-28(6-2)22-15-21(24-17(4)25-22)26-18-7-9-19(10-8-18)27-23(29)12-11-20-16(3)13-14-30-20/h7-10,13-15H,5-6,11-12H2,1-4H3,(H,27,29)(H,24,25,26). The molecular weight excluding hydrogens is 394 g/mol. The highest BCUT2D eigenvalue weighted by molar-refractivity contribution is 7.10. The van der Waals surface area contributed by atoms with E-state index in [2.05, 4.69) is 57.7 Å². The number of nitrogens with zero attached hydrogens (tertiary/aromatic N) is 3. The molecule has 3 rings (SSSR count). The van der Waals surface area contributed by atoms with E-state index in [4.69, 9.17) is 0 Å². The molecule has 2 aromatic heterocycles. The smallest absolute Gasteiger partial charge is 0.224 e. The van der Waals surface area contributed by atoms with Crippen LogP contribution in [0.5, 0.6) is 0 Å². The van der Waals surface area contributed by atoms with Crippen molar-refractivity contribution in [3.63, 3.8) is 0 Å². The molecule has 3 aromatic rings. The summed E-state index contributed by atoms with van der Waals surface area (Å²) in [5.74, 6) is 2.43. The molecule has 0 bridgehead atoms. The molecule has 0 fully saturated rings. The number of hydrogen-bond acceptors (Lipinski definition) is 6. The van der Waals surface area contributed by atoms with Crippen molar-refractivity contribution in [3.8, 4) is 0 Å². The minimum Gasteiger partial charge on any atom is -0.357 e. The van der Waals surface area contributed by atoms with E-state index < -0.39 is 0 Å². The molecule has 158 valence electrons. The van der Waals surface area contributed by atoms with Gasteiger partial charge in [-0.3, -0.25) is 4.79 Å². The fourth-order valence-corrected chi connectivity index (χ4v) is 4.13. The van der Waals surface area contributed by atoms with Crippen molar-refractivity contribution in [2.75, 3.05) is 28.6 Å². The first-order valence-corrected chi connectivity index (χ1v) is 11.2. The molecule has 1 aromatic carbocycles. The molecule has 0 aliphatic rings. The highest BCUT2D eigenvalue weighted by Gasteiger charge is 2.09. The molecule has 1 amide bonds. The lowest BCUT2D eigenvalue weighted by atomic mass is 10.2. The molecule has 0 radical (unpaired) electrons. The van der Waals surface area contributed by atoms with Gasteiger partial charge in [0.15, 0.2) is 0 Å². The number of amides is 1. The van der Waals surface area contributed by atoms with Gasteiger partial charge in [-0.15, -0.1) is 11.3 Å². The van der Waals surface area contributed by atoms with Crippen molar-refractivity contribution < 1.29 is 4.79 Å². The lowest BCUT2D eigenvalue weighted by molar-refractivity contribution is -0.116. The van der Waals surface area contributed by atoms with Crippen molar-refractivity contribution in [1.82, 2.24) is 9.97 Å². The average Bonchev–Trinajstić information content (AvgIpc) is 3.13. The van der Waals surface area contributed by atoms with Gasteiger partial charge in [-0.2, -0.15) is 0 Å². The number of carbonyl (C=O) groups is 1. The van der Waals surface area contributed by atoms with Crippen LogP contribution in [0.4, 0.5) is 23.0 Å². The van der Waals surface area contributed by atoms with Crippen molar-refractivity contribution >= 4 is 40.3 Å². The molecule has 0 aliphatic carbocycles. The maximum absolute atomic E-state index is 12.2. The molecule has 0 unspecified atom stereocenters. The van der Waals surface area contributed by atoms with Crippen LogP contribution in [0.25, 0.3) is 0 Å². The van der Waals surface area contributed by atoms with E-state index in [1.165, 1.54) is 10.4 Å². The third kappa shape index (κ3) is 5.79. The summed E-state index contributed by atoms with van der Waals surface area (Å²) in [4.78, 5) is 24.7. The first-order valence-electron chi connectivity index (χ1n) is 10.3. The number of aromatic nitrogens is 2. The molecule has 30 heavy (non-hydrogen) atoms. The second-order valence-corrected chi connectivity index (χ2v) is 8.11. The first-order chi connectivity index (χ1) is 14.5. The Morgan fingerprint density at radius 2 is 1.73 bits per heavy atom. The molecule has 2 heterocycles. The number of nitrogens with one attached hydrogen (secondary N) is 2. The minimum atomic E-state index is 0.0267. The number of aryl methyl sites for hydroxylation is 3. The van der Waals surface area contributed by atoms with Crippen LogP contribution < -0.4 is 15.5 Å². The lowest BCUT2D eigenvalue weighted by Crippen LogP contribution is -2.23. The Hall–Kier alpha value is -2.93. The van der Waals surface area contributed by atoms with Gasteiger partial charge < -0.3 is 15.5 Å². The Morgan fingerprint density at radius 3 is 2.37 bits per heavy atom. The summed E-state index contributed by atoms with van der Waals surface area (Å²) in [6.45, 7) is 10.00. The number of benzene rings is 1. The molecule has 2 N–H and O–H groups in total. The number of hydrogen-bond donors (Lipinski definition) is 2. The van der Waals surface area contributed by atoms with Crippen molar-refractivity contribution in [2.24, 2.45) is 0 Å². The molecule has 6 nitrogen and oxygen atoms in total. The fourth-order valence-electron chi connectivity index (χ4n) is 3.22. The van der Waals surface area contributed by atoms with Crippen molar-refractivity contribution in [2.45, 2.75) is 40.5 Å². The summed E-state index contributed by atoms with van der Waals surface area (Å²) in [7, 11) is 0. The molecule has 0 spiro atoms. The predicted molar refractivity (Wildman–Crippen MR) is 126 cm³/mol. The third-order valence-corrected chi connectivity index (χ3v) is 5.98. The second kappa shape index (κ2) is 10.2. The van der Waals surface area contributed by atoms with Gasteiger partial charge in [0.25, 0.3) is 0 Å². The van der Waals surface area contributed by atoms with Gasteiger partial charge in [-0.1, -0.05) is 0 Å². The van der Waals surface area contributed by atoms with E-state index in [1.807, 2.05) is 37.3 Å². The van der Waals surface area contributed by atoms with E-state index in [1.54, 1.807) is 11.3 Å². The normalized spacial score (nSPS) is 10.7. The van der Waals surface area contributed by atoms with Crippen molar-refractivity contribution in [3.05, 3.63) is 58.0 Å². The molecule has 0 saturated heterocycles. The molecular formula is C23H29N5OS. The Bertz CT molecular complexity index is 980. The van der Waals surface area contributed by atoms with E-state index >= 15 is 0 Å². The Morgan fingerprint density at radius 1 is 1.03 bits per heavy atom. The number of thiophene rings is 1. The maximum Gasteiger partial charge on any atom is 0.224 e. The summed E-state index contributed by atoms with van der Waals surface area (Å²) in [6.07, 6.45) is 1.26. The second-order valence-electron chi connectivity index (χ2n) is 7.11. The van der Waals surface area contributed by atoms with Crippen LogP contribution >= 0.6 is 11.3 Å². The van der Waals surface area contributed by atoms with Crippen LogP contribution in [0.15, 0.2) is 41.8 Å². The predicted octanol–water partition coefficient (Wildman–Crippen LogP) is 5.32. The highest BCUT2D eigenvalue weighted by Crippen LogP contribution is 2.22. The van der Waals surface area contributed by atoms with Gasteiger partial charge in [-0.25, -0.2) is 9.97 Å². The van der Waals surface area contributed by atoms with Crippen molar-refractivity contribution in [1.29, 1.82) is 0 Å². The summed E-state index contributed by atoms with van der Waals surface area (Å²) < 4.78 is 0. The average molecular weight is 424 g/mol. The number of rotatable bonds is 9. The molecule has 7 heteroatoms. The summed E-state index contributed by atoms with van der Waals surface area (Å²) in [5, 5.41) is 8.37. The first kappa shape index (κ1) is 21.8. The van der Waals surface area contributed by atoms with E-state index in [-0.39, 0.29) is 5.91 Å². The van der Waals surface area contributed by atoms with Gasteiger partial charge in [0.2, 0.25) is 5.91 Å². The molecule has 0 atom stereocenters. The van der Waals surface area contributed by atoms with Gasteiger partial charge in [0.1, 0.15) is 17.5 Å². The van der Waals surface area contributed by atoms with Gasteiger partial charge in [0.05, 0.1) is 0 Å². The Labute approximate surface area is 182 Å². The van der Waals surface area contributed by atoms with Crippen LogP contribution in [-0.2, 0) is 11.2 Å². The quantitative estimate of drug-likeness (QED) is 0.488. The number of carbonyl (C=O) groups excluding carboxylic acids is 1. The molecule has 0 saturated carbocycles. The molecule has 0 aliphatic heterocycles. The fraction of sp³-hybridized carbons (Fsp3) is 0.348. The third-order valence-electron chi connectivity index (χ3n) is 4.90. The van der Waals surface area contributed by atoms with Crippen LogP contribution in [0.3, 0.4) is 0 Å². The largest absolute Gasteiger partial charge is 0.357 e. The van der Waals surface area contributed by atoms with E-state index in [0.29, 0.717) is 6.42 Å². The maximum atomic E-state index is 12.2. The summed E-state index contributed by atoms with van der Waals surface area (Å²) >= 11 is 1.71. The van der Waals surface area contributed by atoms with Gasteiger partial charge in [-0.05, 0) is 75.4 Å². The van der Waals surface area contributed by atoms with Crippen LogP contribution in [0.2, 0.25) is 0 Å². The zero-order valence-electron chi connectivity index (χ0n) is 18.0. The Balaban J connectivity index is 1.59. The van der Waals surface area contributed by atoms with Crippen LogP contribution in [-0.4, -0.2) is 29.0 Å². The van der Waals surface area contributed by atoms with E-state index in [0.717, 1.165) is 48.3 Å². The SMILES string of the molecule is CCN(CC)c1cc(Nc2ccc(NC(=O)CCc3sccc3C)cc2)nc(C)n1. The van der Waals surface area contributed by atoms with Crippen LogP contribution in [0.1, 0.15) is 36.5 Å². The highest BCUT2D eigenvalue weighted by atomic mass is 32.1. The minimum absolute atomic E-state index is 0.0267. The summed E-state index contributed by atoms with van der Waals surface area (Å²) in [5.41, 5.74) is 2.95. The van der Waals surface area contributed by atoms with Crippen LogP contribution in [0, 0.1) is 13.8 Å². The van der Waals surface area contributed by atoms with E-state index in [9.17, 15) is 4.79 Å². The Kier molecular flexibility index (Phi) is 7.41. The van der Waals surface area contributed by atoms with Gasteiger partial charge >= 0.3 is 0 Å². The zero-order chi connectivity index (χ0) is 21.5. The zero-order valence-corrected chi connectivity index (χ0v) is 18.8. The summed E-state index contributed by atoms with van der Waals surface area (Å²) in [6, 6.07) is 11.7.